The Kier molecular flexibility index (Phi) is 2.99. The molecule has 0 N–H and O–H groups in total. The van der Waals surface area contributed by atoms with Gasteiger partial charge in [0.05, 0.1) is 0 Å². The van der Waals surface area contributed by atoms with Crippen LogP contribution in [0.1, 0.15) is 18.1 Å². The average molecular weight is 267 g/mol. The monoisotopic (exact) mass is 267 g/mol. The van der Waals surface area contributed by atoms with Crippen molar-refractivity contribution in [3.63, 3.8) is 0 Å². The molecule has 2 aromatic rings. The van der Waals surface area contributed by atoms with Crippen molar-refractivity contribution in [3.8, 4) is 0 Å². The smallest absolute Gasteiger partial charge is 0.227 e. The second kappa shape index (κ2) is 4.67. The van der Waals surface area contributed by atoms with Gasteiger partial charge in [-0.3, -0.25) is 9.79 Å². The van der Waals surface area contributed by atoms with Crippen molar-refractivity contribution in [3.05, 3.63) is 71.8 Å². The number of carbonyl (C=O) groups is 1. The van der Waals surface area contributed by atoms with Crippen molar-refractivity contribution in [2.45, 2.75) is 12.5 Å². The maximum absolute atomic E-state index is 12.3. The maximum atomic E-state index is 12.3. The number of rotatable bonds is 2. The maximum Gasteiger partial charge on any atom is 0.227 e. The largest absolute Gasteiger partial charge is 0.284 e. The predicted molar refractivity (Wildman–Crippen MR) is 79.4 cm³/mol. The fourth-order valence-electron chi connectivity index (χ4n) is 2.11. The van der Waals surface area contributed by atoms with E-state index in [0.717, 1.165) is 16.2 Å². The lowest BCUT2D eigenvalue weighted by atomic mass is 9.94. The normalized spacial score (nSPS) is 22.4. The molecule has 0 aliphatic carbocycles. The summed E-state index contributed by atoms with van der Waals surface area (Å²) in [5.74, 6) is 0. The highest BCUT2D eigenvalue weighted by Gasteiger charge is 2.41. The number of hydrogen-bond donors (Lipinski definition) is 0. The van der Waals surface area contributed by atoms with Crippen LogP contribution in [-0.4, -0.2) is 10.2 Å². The molecule has 2 nitrogen and oxygen atoms in total. The van der Waals surface area contributed by atoms with Crippen molar-refractivity contribution >= 4 is 21.9 Å². The van der Waals surface area contributed by atoms with Gasteiger partial charge in [-0.15, -0.1) is 0 Å². The third-order valence-corrected chi connectivity index (χ3v) is 4.37. The van der Waals surface area contributed by atoms with Gasteiger partial charge in [0.2, 0.25) is 5.12 Å². The number of thioether (sulfide) groups is 1. The van der Waals surface area contributed by atoms with E-state index in [1.54, 1.807) is 0 Å². The van der Waals surface area contributed by atoms with Gasteiger partial charge in [-0.2, -0.15) is 0 Å². The number of carbonyl (C=O) groups excluding carboxylic acids is 1. The van der Waals surface area contributed by atoms with E-state index in [-0.39, 0.29) is 5.12 Å². The van der Waals surface area contributed by atoms with Crippen molar-refractivity contribution in [2.75, 3.05) is 0 Å². The van der Waals surface area contributed by atoms with Gasteiger partial charge in [0.15, 0.2) is 5.54 Å². The van der Waals surface area contributed by atoms with E-state index >= 15 is 0 Å². The summed E-state index contributed by atoms with van der Waals surface area (Å²) in [7, 11) is 0. The van der Waals surface area contributed by atoms with Crippen molar-refractivity contribution in [2.24, 2.45) is 4.99 Å². The van der Waals surface area contributed by atoms with Gasteiger partial charge in [-0.1, -0.05) is 60.7 Å². The molecule has 3 rings (SSSR count). The topological polar surface area (TPSA) is 29.4 Å². The highest BCUT2D eigenvalue weighted by Crippen LogP contribution is 2.39. The molecule has 1 aliphatic rings. The Morgan fingerprint density at radius 3 is 2.16 bits per heavy atom. The summed E-state index contributed by atoms with van der Waals surface area (Å²) in [6.07, 6.45) is 0. The van der Waals surface area contributed by atoms with Crippen LogP contribution in [-0.2, 0) is 10.3 Å². The van der Waals surface area contributed by atoms with Crippen LogP contribution in [0.3, 0.4) is 0 Å². The fraction of sp³-hybridized carbons (Fsp3) is 0.125. The van der Waals surface area contributed by atoms with E-state index in [1.807, 2.05) is 67.6 Å². The van der Waals surface area contributed by atoms with Gasteiger partial charge in [0.25, 0.3) is 0 Å². The zero-order valence-electron chi connectivity index (χ0n) is 10.5. The first-order valence-corrected chi connectivity index (χ1v) is 6.95. The Hall–Kier alpha value is -1.87. The molecule has 0 amide bonds. The zero-order chi connectivity index (χ0) is 13.3. The summed E-state index contributed by atoms with van der Waals surface area (Å²) in [6, 6.07) is 19.6. The van der Waals surface area contributed by atoms with Crippen molar-refractivity contribution in [1.82, 2.24) is 0 Å². The van der Waals surface area contributed by atoms with Crippen LogP contribution in [0.2, 0.25) is 0 Å². The second-order valence-electron chi connectivity index (χ2n) is 4.61. The molecule has 0 saturated carbocycles. The molecule has 94 valence electrons. The van der Waals surface area contributed by atoms with E-state index in [2.05, 4.69) is 4.99 Å². The quantitative estimate of drug-likeness (QED) is 0.831. The lowest BCUT2D eigenvalue weighted by molar-refractivity contribution is -0.114. The van der Waals surface area contributed by atoms with Crippen LogP contribution in [0.4, 0.5) is 0 Å². The van der Waals surface area contributed by atoms with Crippen molar-refractivity contribution < 1.29 is 4.79 Å². The van der Waals surface area contributed by atoms with Gasteiger partial charge in [0, 0.05) is 5.56 Å². The molecule has 0 bridgehead atoms. The minimum atomic E-state index is -0.767. The molecule has 0 fully saturated rings. The first-order valence-electron chi connectivity index (χ1n) is 6.13. The van der Waals surface area contributed by atoms with E-state index in [9.17, 15) is 4.79 Å². The summed E-state index contributed by atoms with van der Waals surface area (Å²) in [5, 5.41) is 0.884. The van der Waals surface area contributed by atoms with Crippen LogP contribution < -0.4 is 0 Å². The van der Waals surface area contributed by atoms with Gasteiger partial charge >= 0.3 is 0 Å². The molecule has 0 aromatic heterocycles. The highest BCUT2D eigenvalue weighted by molar-refractivity contribution is 8.27. The standard InChI is InChI=1S/C16H13NOS/c1-16(13-10-6-3-7-11-13)15(18)19-14(17-16)12-8-4-2-5-9-12/h2-11H,1H3. The van der Waals surface area contributed by atoms with Gasteiger partial charge in [-0.25, -0.2) is 0 Å². The molecule has 0 saturated heterocycles. The van der Waals surface area contributed by atoms with Crippen LogP contribution in [0.25, 0.3) is 0 Å². The van der Waals surface area contributed by atoms with E-state index in [1.165, 1.54) is 11.8 Å². The van der Waals surface area contributed by atoms with Crippen LogP contribution in [0, 0.1) is 0 Å². The van der Waals surface area contributed by atoms with Crippen LogP contribution in [0.5, 0.6) is 0 Å². The van der Waals surface area contributed by atoms with Gasteiger partial charge in [0.1, 0.15) is 5.04 Å². The lowest BCUT2D eigenvalue weighted by Crippen LogP contribution is -2.24. The third-order valence-electron chi connectivity index (χ3n) is 3.27. The predicted octanol–water partition coefficient (Wildman–Crippen LogP) is 3.62. The Balaban J connectivity index is 2.05. The molecule has 2 aromatic carbocycles. The Morgan fingerprint density at radius 1 is 0.947 bits per heavy atom. The molecule has 1 heterocycles. The molecule has 1 atom stereocenters. The van der Waals surface area contributed by atoms with Crippen molar-refractivity contribution in [1.29, 1.82) is 0 Å². The number of hydrogen-bond acceptors (Lipinski definition) is 3. The SMILES string of the molecule is CC1(c2ccccc2)N=C(c2ccccc2)SC1=O. The zero-order valence-corrected chi connectivity index (χ0v) is 11.4. The Bertz CT molecular complexity index is 636. The average Bonchev–Trinajstić information content (AvgIpc) is 2.78. The lowest BCUT2D eigenvalue weighted by Gasteiger charge is -2.17. The summed E-state index contributed by atoms with van der Waals surface area (Å²) < 4.78 is 0. The number of benzene rings is 2. The second-order valence-corrected chi connectivity index (χ2v) is 5.57. The fourth-order valence-corrected chi connectivity index (χ4v) is 3.13. The van der Waals surface area contributed by atoms with Crippen LogP contribution >= 0.6 is 11.8 Å². The number of nitrogens with zero attached hydrogens (tertiary/aromatic N) is 1. The molecular formula is C16H13NOS. The minimum Gasteiger partial charge on any atom is -0.284 e. The molecule has 1 unspecified atom stereocenters. The summed E-state index contributed by atoms with van der Waals surface area (Å²) in [6.45, 7) is 1.88. The summed E-state index contributed by atoms with van der Waals surface area (Å²) in [4.78, 5) is 17.0. The van der Waals surface area contributed by atoms with E-state index in [0.29, 0.717) is 0 Å². The van der Waals surface area contributed by atoms with Gasteiger partial charge < -0.3 is 0 Å². The Morgan fingerprint density at radius 2 is 1.53 bits per heavy atom. The van der Waals surface area contributed by atoms with E-state index in [4.69, 9.17) is 0 Å². The molecule has 0 spiro atoms. The van der Waals surface area contributed by atoms with Gasteiger partial charge in [-0.05, 0) is 24.2 Å². The first-order chi connectivity index (χ1) is 9.20. The van der Waals surface area contributed by atoms with E-state index < -0.39 is 5.54 Å². The number of aliphatic imine (C=N–C) groups is 1. The summed E-state index contributed by atoms with van der Waals surface area (Å²) >= 11 is 1.23. The summed E-state index contributed by atoms with van der Waals surface area (Å²) in [5.41, 5.74) is 1.18. The van der Waals surface area contributed by atoms with Crippen LogP contribution in [0.15, 0.2) is 65.7 Å². The Labute approximate surface area is 116 Å². The third kappa shape index (κ3) is 2.10. The molecule has 3 heteroatoms. The minimum absolute atomic E-state index is 0.0811. The molecular weight excluding hydrogens is 254 g/mol. The highest BCUT2D eigenvalue weighted by atomic mass is 32.2. The molecule has 1 aliphatic heterocycles. The first kappa shape index (κ1) is 12.2. The molecule has 0 radical (unpaired) electrons. The molecule has 19 heavy (non-hydrogen) atoms.